The van der Waals surface area contributed by atoms with E-state index in [1.807, 2.05) is 38.1 Å². The van der Waals surface area contributed by atoms with Crippen molar-refractivity contribution in [1.29, 1.82) is 0 Å². The first kappa shape index (κ1) is 15.5. The van der Waals surface area contributed by atoms with E-state index in [9.17, 15) is 4.79 Å². The Bertz CT molecular complexity index is 387. The van der Waals surface area contributed by atoms with Crippen molar-refractivity contribution in [3.05, 3.63) is 29.8 Å². The van der Waals surface area contributed by atoms with Gasteiger partial charge in [-0.25, -0.2) is 0 Å². The molecule has 19 heavy (non-hydrogen) atoms. The number of anilines is 1. The van der Waals surface area contributed by atoms with Crippen LogP contribution in [0.2, 0.25) is 0 Å². The van der Waals surface area contributed by atoms with Crippen LogP contribution in [0.1, 0.15) is 26.3 Å². The Morgan fingerprint density at radius 1 is 1.32 bits per heavy atom. The fourth-order valence-electron chi connectivity index (χ4n) is 1.89. The Morgan fingerprint density at radius 2 is 1.95 bits per heavy atom. The molecule has 0 saturated heterocycles. The van der Waals surface area contributed by atoms with Gasteiger partial charge in [0.05, 0.1) is 6.54 Å². The van der Waals surface area contributed by atoms with E-state index in [4.69, 9.17) is 5.73 Å². The van der Waals surface area contributed by atoms with E-state index >= 15 is 0 Å². The lowest BCUT2D eigenvalue weighted by Gasteiger charge is -2.20. The van der Waals surface area contributed by atoms with Crippen LogP contribution in [0.15, 0.2) is 24.3 Å². The summed E-state index contributed by atoms with van der Waals surface area (Å²) in [6, 6.07) is 8.10. The Hall–Kier alpha value is -1.55. The van der Waals surface area contributed by atoms with Gasteiger partial charge in [0.15, 0.2) is 0 Å². The monoisotopic (exact) mass is 263 g/mol. The van der Waals surface area contributed by atoms with Gasteiger partial charge in [-0.15, -0.1) is 0 Å². The maximum absolute atomic E-state index is 11.7. The van der Waals surface area contributed by atoms with Gasteiger partial charge in [-0.1, -0.05) is 19.1 Å². The minimum atomic E-state index is 0.0918. The van der Waals surface area contributed by atoms with Crippen molar-refractivity contribution in [3.8, 4) is 0 Å². The predicted octanol–water partition coefficient (Wildman–Crippen LogP) is 1.66. The highest BCUT2D eigenvalue weighted by Gasteiger charge is 2.09. The van der Waals surface area contributed by atoms with Crippen molar-refractivity contribution in [1.82, 2.24) is 10.2 Å². The number of nitrogen functional groups attached to an aromatic ring is 1. The zero-order valence-electron chi connectivity index (χ0n) is 12.1. The molecule has 106 valence electrons. The van der Waals surface area contributed by atoms with Gasteiger partial charge in [0.1, 0.15) is 0 Å². The fraction of sp³-hybridized carbons (Fsp3) is 0.533. The molecule has 0 unspecified atom stereocenters. The van der Waals surface area contributed by atoms with Crippen LogP contribution in [0.4, 0.5) is 5.69 Å². The first-order valence-corrected chi connectivity index (χ1v) is 6.87. The third-order valence-electron chi connectivity index (χ3n) is 2.96. The molecule has 4 heteroatoms. The predicted molar refractivity (Wildman–Crippen MR) is 80.0 cm³/mol. The summed E-state index contributed by atoms with van der Waals surface area (Å²) in [7, 11) is 0. The molecule has 0 atom stereocenters. The van der Waals surface area contributed by atoms with Crippen molar-refractivity contribution in [2.45, 2.75) is 33.2 Å². The van der Waals surface area contributed by atoms with Gasteiger partial charge in [-0.05, 0) is 44.5 Å². The van der Waals surface area contributed by atoms with E-state index in [1.54, 1.807) is 0 Å². The Balaban J connectivity index is 2.40. The lowest BCUT2D eigenvalue weighted by Crippen LogP contribution is -2.40. The number of nitrogens with zero attached hydrogens (tertiary/aromatic N) is 1. The second-order valence-corrected chi connectivity index (χ2v) is 5.08. The topological polar surface area (TPSA) is 58.4 Å². The summed E-state index contributed by atoms with van der Waals surface area (Å²) >= 11 is 0. The number of likely N-dealkylation sites (N-methyl/N-ethyl adjacent to an activating group) is 1. The molecule has 0 heterocycles. The SMILES string of the molecule is CCN(CCc1ccc(N)cc1)CC(=O)NC(C)C. The quantitative estimate of drug-likeness (QED) is 0.736. The zero-order chi connectivity index (χ0) is 14.3. The first-order chi connectivity index (χ1) is 9.01. The van der Waals surface area contributed by atoms with E-state index in [0.717, 1.165) is 25.2 Å². The Morgan fingerprint density at radius 3 is 2.47 bits per heavy atom. The normalized spacial score (nSPS) is 11.0. The zero-order valence-corrected chi connectivity index (χ0v) is 12.1. The van der Waals surface area contributed by atoms with Gasteiger partial charge in [0.2, 0.25) is 5.91 Å². The molecule has 0 radical (unpaired) electrons. The summed E-state index contributed by atoms with van der Waals surface area (Å²) in [4.78, 5) is 13.9. The molecule has 0 aliphatic rings. The maximum Gasteiger partial charge on any atom is 0.234 e. The van der Waals surface area contributed by atoms with Crippen molar-refractivity contribution in [2.75, 3.05) is 25.4 Å². The summed E-state index contributed by atoms with van der Waals surface area (Å²) in [5, 5.41) is 2.92. The molecule has 0 saturated carbocycles. The molecule has 1 aromatic carbocycles. The van der Waals surface area contributed by atoms with Crippen LogP contribution < -0.4 is 11.1 Å². The number of carbonyl (C=O) groups excluding carboxylic acids is 1. The van der Waals surface area contributed by atoms with Gasteiger partial charge in [-0.2, -0.15) is 0 Å². The molecule has 1 rings (SSSR count). The molecule has 1 aromatic rings. The molecule has 0 aliphatic heterocycles. The largest absolute Gasteiger partial charge is 0.399 e. The molecule has 1 amide bonds. The van der Waals surface area contributed by atoms with E-state index in [0.29, 0.717) is 6.54 Å². The van der Waals surface area contributed by atoms with Crippen molar-refractivity contribution >= 4 is 11.6 Å². The summed E-state index contributed by atoms with van der Waals surface area (Å²) in [5.41, 5.74) is 7.69. The van der Waals surface area contributed by atoms with Gasteiger partial charge < -0.3 is 11.1 Å². The lowest BCUT2D eigenvalue weighted by atomic mass is 10.1. The molecule has 0 fully saturated rings. The van der Waals surface area contributed by atoms with Crippen LogP contribution in [0.3, 0.4) is 0 Å². The number of hydrogen-bond donors (Lipinski definition) is 2. The van der Waals surface area contributed by atoms with Gasteiger partial charge in [0, 0.05) is 18.3 Å². The van der Waals surface area contributed by atoms with Crippen LogP contribution in [0.5, 0.6) is 0 Å². The van der Waals surface area contributed by atoms with E-state index < -0.39 is 0 Å². The third-order valence-corrected chi connectivity index (χ3v) is 2.96. The maximum atomic E-state index is 11.7. The fourth-order valence-corrected chi connectivity index (χ4v) is 1.89. The van der Waals surface area contributed by atoms with Gasteiger partial charge in [0.25, 0.3) is 0 Å². The molecule has 0 aliphatic carbocycles. The van der Waals surface area contributed by atoms with Crippen LogP contribution in [-0.4, -0.2) is 36.5 Å². The summed E-state index contributed by atoms with van der Waals surface area (Å²) < 4.78 is 0. The highest BCUT2D eigenvalue weighted by Crippen LogP contribution is 2.06. The highest BCUT2D eigenvalue weighted by atomic mass is 16.2. The summed E-state index contributed by atoms with van der Waals surface area (Å²) in [5.74, 6) is 0.0918. The molecule has 0 bridgehead atoms. The van der Waals surface area contributed by atoms with Crippen LogP contribution in [-0.2, 0) is 11.2 Å². The highest BCUT2D eigenvalue weighted by molar-refractivity contribution is 5.78. The second kappa shape index (κ2) is 7.79. The van der Waals surface area contributed by atoms with Crippen molar-refractivity contribution < 1.29 is 4.79 Å². The molecular formula is C15H25N3O. The number of rotatable bonds is 7. The number of carbonyl (C=O) groups is 1. The molecule has 0 spiro atoms. The number of nitrogens with one attached hydrogen (secondary N) is 1. The minimum absolute atomic E-state index is 0.0918. The van der Waals surface area contributed by atoms with Crippen LogP contribution >= 0.6 is 0 Å². The summed E-state index contributed by atoms with van der Waals surface area (Å²) in [6.07, 6.45) is 0.934. The lowest BCUT2D eigenvalue weighted by molar-refractivity contribution is -0.122. The number of benzene rings is 1. The van der Waals surface area contributed by atoms with Crippen LogP contribution in [0.25, 0.3) is 0 Å². The molecule has 3 N–H and O–H groups in total. The minimum Gasteiger partial charge on any atom is -0.399 e. The average Bonchev–Trinajstić information content (AvgIpc) is 2.35. The molecular weight excluding hydrogens is 238 g/mol. The van der Waals surface area contributed by atoms with Crippen molar-refractivity contribution in [3.63, 3.8) is 0 Å². The molecule has 0 aromatic heterocycles. The molecule has 4 nitrogen and oxygen atoms in total. The second-order valence-electron chi connectivity index (χ2n) is 5.08. The first-order valence-electron chi connectivity index (χ1n) is 6.87. The van der Waals surface area contributed by atoms with Gasteiger partial charge >= 0.3 is 0 Å². The Kier molecular flexibility index (Phi) is 6.36. The summed E-state index contributed by atoms with van der Waals surface area (Å²) in [6.45, 7) is 8.24. The third kappa shape index (κ3) is 6.25. The van der Waals surface area contributed by atoms with E-state index in [-0.39, 0.29) is 11.9 Å². The van der Waals surface area contributed by atoms with Crippen molar-refractivity contribution in [2.24, 2.45) is 0 Å². The smallest absolute Gasteiger partial charge is 0.234 e. The van der Waals surface area contributed by atoms with Crippen LogP contribution in [0, 0.1) is 0 Å². The standard InChI is InChI=1S/C15H25N3O/c1-4-18(11-15(19)17-12(2)3)10-9-13-5-7-14(16)8-6-13/h5-8,12H,4,9-11,16H2,1-3H3,(H,17,19). The number of nitrogens with two attached hydrogens (primary N) is 1. The van der Waals surface area contributed by atoms with E-state index in [2.05, 4.69) is 17.1 Å². The number of hydrogen-bond acceptors (Lipinski definition) is 3. The Labute approximate surface area is 116 Å². The number of amides is 1. The van der Waals surface area contributed by atoms with E-state index in [1.165, 1.54) is 5.56 Å². The average molecular weight is 263 g/mol. The van der Waals surface area contributed by atoms with Gasteiger partial charge in [-0.3, -0.25) is 9.69 Å².